The number of nitro groups is 1. The van der Waals surface area contributed by atoms with Gasteiger partial charge in [0.1, 0.15) is 0 Å². The molecular weight excluding hydrogens is 350 g/mol. The monoisotopic (exact) mass is 373 g/mol. The first-order valence-electron chi connectivity index (χ1n) is 8.90. The molecule has 1 aliphatic rings. The van der Waals surface area contributed by atoms with E-state index in [0.29, 0.717) is 17.3 Å². The molecule has 0 aliphatic carbocycles. The van der Waals surface area contributed by atoms with Gasteiger partial charge in [0.05, 0.1) is 11.0 Å². The van der Waals surface area contributed by atoms with Crippen molar-refractivity contribution in [1.82, 2.24) is 20.0 Å². The molecule has 1 fully saturated rings. The van der Waals surface area contributed by atoms with Crippen LogP contribution in [0.1, 0.15) is 31.7 Å². The van der Waals surface area contributed by atoms with Gasteiger partial charge in [0.15, 0.2) is 0 Å². The van der Waals surface area contributed by atoms with Crippen LogP contribution in [-0.4, -0.2) is 58.0 Å². The smallest absolute Gasteiger partial charge is 0.269 e. The van der Waals surface area contributed by atoms with Crippen molar-refractivity contribution in [2.45, 2.75) is 25.8 Å². The van der Waals surface area contributed by atoms with Crippen molar-refractivity contribution in [3.8, 4) is 11.5 Å². The number of carbonyl (C=O) groups is 1. The maximum Gasteiger partial charge on any atom is 0.269 e. The number of nitrogens with zero attached hydrogens (tertiary/aromatic N) is 5. The number of hydrogen-bond acceptors (Lipinski definition) is 7. The minimum absolute atomic E-state index is 0.0157. The molecule has 27 heavy (non-hydrogen) atoms. The number of hydrogen-bond donors (Lipinski definition) is 0. The molecule has 0 saturated carbocycles. The fraction of sp³-hybridized carbons (Fsp3) is 0.500. The van der Waals surface area contributed by atoms with Gasteiger partial charge in [-0.25, -0.2) is 0 Å². The van der Waals surface area contributed by atoms with Gasteiger partial charge in [0.2, 0.25) is 17.7 Å². The number of benzene rings is 1. The first kappa shape index (κ1) is 19.0. The molecule has 9 nitrogen and oxygen atoms in total. The van der Waals surface area contributed by atoms with Gasteiger partial charge in [-0.1, -0.05) is 0 Å². The summed E-state index contributed by atoms with van der Waals surface area (Å²) in [5, 5.41) is 19.0. The highest BCUT2D eigenvalue weighted by Gasteiger charge is 2.30. The Morgan fingerprint density at radius 1 is 1.26 bits per heavy atom. The van der Waals surface area contributed by atoms with Crippen LogP contribution in [-0.2, 0) is 4.79 Å². The molecule has 1 aliphatic heterocycles. The lowest BCUT2D eigenvalue weighted by atomic mass is 9.94. The summed E-state index contributed by atoms with van der Waals surface area (Å²) in [5.41, 5.74) is 0.656. The maximum atomic E-state index is 12.1. The van der Waals surface area contributed by atoms with E-state index in [2.05, 4.69) is 15.1 Å². The van der Waals surface area contributed by atoms with Crippen LogP contribution in [0.5, 0.6) is 0 Å². The number of piperidine rings is 1. The molecule has 0 spiro atoms. The second-order valence-electron chi connectivity index (χ2n) is 6.97. The van der Waals surface area contributed by atoms with Crippen molar-refractivity contribution >= 4 is 11.6 Å². The van der Waals surface area contributed by atoms with E-state index in [1.54, 1.807) is 31.1 Å². The van der Waals surface area contributed by atoms with Gasteiger partial charge in [-0.2, -0.15) is 0 Å². The first-order valence-corrected chi connectivity index (χ1v) is 8.90. The molecule has 0 bridgehead atoms. The standard InChI is InChI=1S/C18H23N5O4/c1-12(22-10-8-14(9-11-22)18(24)21(2)3)16-19-20-17(27-16)13-4-6-15(7-5-13)23(25)26/h4-7,12,14H,8-11H2,1-3H3. The van der Waals surface area contributed by atoms with Crippen LogP contribution in [0.25, 0.3) is 11.5 Å². The lowest BCUT2D eigenvalue weighted by Gasteiger charge is -2.34. The van der Waals surface area contributed by atoms with Crippen LogP contribution in [0, 0.1) is 16.0 Å². The highest BCUT2D eigenvalue weighted by atomic mass is 16.6. The van der Waals surface area contributed by atoms with Crippen LogP contribution >= 0.6 is 0 Å². The third-order valence-electron chi connectivity index (χ3n) is 4.99. The highest BCUT2D eigenvalue weighted by Crippen LogP contribution is 2.29. The Labute approximate surface area is 157 Å². The third-order valence-corrected chi connectivity index (χ3v) is 4.99. The second kappa shape index (κ2) is 7.83. The summed E-state index contributed by atoms with van der Waals surface area (Å²) < 4.78 is 5.79. The third kappa shape index (κ3) is 4.13. The summed E-state index contributed by atoms with van der Waals surface area (Å²) in [6, 6.07) is 5.96. The summed E-state index contributed by atoms with van der Waals surface area (Å²) in [4.78, 5) is 26.3. The highest BCUT2D eigenvalue weighted by molar-refractivity contribution is 5.78. The molecular formula is C18H23N5O4. The Morgan fingerprint density at radius 2 is 1.89 bits per heavy atom. The first-order chi connectivity index (χ1) is 12.9. The molecule has 1 saturated heterocycles. The zero-order valence-electron chi connectivity index (χ0n) is 15.7. The van der Waals surface area contributed by atoms with E-state index in [0.717, 1.165) is 25.9 Å². The van der Waals surface area contributed by atoms with Crippen LogP contribution in [0.3, 0.4) is 0 Å². The van der Waals surface area contributed by atoms with E-state index in [-0.39, 0.29) is 23.6 Å². The molecule has 1 aromatic heterocycles. The normalized spacial score (nSPS) is 16.9. The second-order valence-corrected chi connectivity index (χ2v) is 6.97. The van der Waals surface area contributed by atoms with E-state index in [9.17, 15) is 14.9 Å². The average Bonchev–Trinajstić information content (AvgIpc) is 3.17. The summed E-state index contributed by atoms with van der Waals surface area (Å²) >= 11 is 0. The van der Waals surface area contributed by atoms with Gasteiger partial charge in [0, 0.05) is 37.7 Å². The van der Waals surface area contributed by atoms with Gasteiger partial charge in [-0.05, 0) is 45.0 Å². The van der Waals surface area contributed by atoms with E-state index in [4.69, 9.17) is 4.42 Å². The fourth-order valence-corrected chi connectivity index (χ4v) is 3.30. The van der Waals surface area contributed by atoms with Gasteiger partial charge < -0.3 is 9.32 Å². The Morgan fingerprint density at radius 3 is 2.44 bits per heavy atom. The minimum Gasteiger partial charge on any atom is -0.419 e. The number of rotatable bonds is 5. The van der Waals surface area contributed by atoms with E-state index in [1.165, 1.54) is 12.1 Å². The van der Waals surface area contributed by atoms with Crippen molar-refractivity contribution in [2.24, 2.45) is 5.92 Å². The quantitative estimate of drug-likeness (QED) is 0.585. The van der Waals surface area contributed by atoms with Gasteiger partial charge in [-0.3, -0.25) is 19.8 Å². The molecule has 9 heteroatoms. The average molecular weight is 373 g/mol. The number of carbonyl (C=O) groups excluding carboxylic acids is 1. The number of nitro benzene ring substituents is 1. The summed E-state index contributed by atoms with van der Waals surface area (Å²) in [5.74, 6) is 1.09. The van der Waals surface area contributed by atoms with E-state index < -0.39 is 4.92 Å². The minimum atomic E-state index is -0.449. The SMILES string of the molecule is CC(c1nnc(-c2ccc([N+](=O)[O-])cc2)o1)N1CCC(C(=O)N(C)C)CC1. The van der Waals surface area contributed by atoms with Crippen LogP contribution in [0.4, 0.5) is 5.69 Å². The molecule has 1 aromatic carbocycles. The molecule has 2 heterocycles. The Kier molecular flexibility index (Phi) is 5.50. The van der Waals surface area contributed by atoms with Crippen molar-refractivity contribution in [2.75, 3.05) is 27.2 Å². The van der Waals surface area contributed by atoms with Crippen LogP contribution < -0.4 is 0 Å². The fourth-order valence-electron chi connectivity index (χ4n) is 3.30. The lowest BCUT2D eigenvalue weighted by Crippen LogP contribution is -2.41. The topological polar surface area (TPSA) is 106 Å². The van der Waals surface area contributed by atoms with Crippen molar-refractivity contribution in [1.29, 1.82) is 0 Å². The number of non-ortho nitro benzene ring substituents is 1. The van der Waals surface area contributed by atoms with Gasteiger partial charge in [-0.15, -0.1) is 10.2 Å². The number of likely N-dealkylation sites (tertiary alicyclic amines) is 1. The molecule has 3 rings (SSSR count). The Balaban J connectivity index is 1.64. The molecule has 1 amide bonds. The molecule has 0 radical (unpaired) electrons. The molecule has 0 N–H and O–H groups in total. The van der Waals surface area contributed by atoms with Crippen molar-refractivity contribution < 1.29 is 14.1 Å². The van der Waals surface area contributed by atoms with Crippen LogP contribution in [0.15, 0.2) is 28.7 Å². The Hall–Kier alpha value is -2.81. The van der Waals surface area contributed by atoms with E-state index >= 15 is 0 Å². The summed E-state index contributed by atoms with van der Waals surface area (Å²) in [6.07, 6.45) is 1.62. The Bertz CT molecular complexity index is 809. The summed E-state index contributed by atoms with van der Waals surface area (Å²) in [6.45, 7) is 3.59. The molecule has 144 valence electrons. The number of aromatic nitrogens is 2. The van der Waals surface area contributed by atoms with Crippen LogP contribution in [0.2, 0.25) is 0 Å². The molecule has 2 aromatic rings. The zero-order valence-corrected chi connectivity index (χ0v) is 15.7. The largest absolute Gasteiger partial charge is 0.419 e. The number of amides is 1. The predicted molar refractivity (Wildman–Crippen MR) is 97.8 cm³/mol. The predicted octanol–water partition coefficient (Wildman–Crippen LogP) is 2.51. The van der Waals surface area contributed by atoms with E-state index in [1.807, 2.05) is 6.92 Å². The van der Waals surface area contributed by atoms with Crippen molar-refractivity contribution in [3.05, 3.63) is 40.3 Å². The van der Waals surface area contributed by atoms with Crippen molar-refractivity contribution in [3.63, 3.8) is 0 Å². The summed E-state index contributed by atoms with van der Waals surface area (Å²) in [7, 11) is 3.57. The maximum absolute atomic E-state index is 12.1. The van der Waals surface area contributed by atoms with Gasteiger partial charge >= 0.3 is 0 Å². The molecule has 1 atom stereocenters. The lowest BCUT2D eigenvalue weighted by molar-refractivity contribution is -0.384. The zero-order chi connectivity index (χ0) is 19.6. The van der Waals surface area contributed by atoms with Gasteiger partial charge in [0.25, 0.3) is 5.69 Å². The molecule has 1 unspecified atom stereocenters.